The monoisotopic (exact) mass is 235 g/mol. The average molecular weight is 236 g/mol. The molecule has 0 saturated heterocycles. The SMILES string of the molecule is CC(Cc1ccco1)Nc1cccc(Cl)c1. The molecule has 0 bridgehead atoms. The molecular formula is C13H14ClNO. The average Bonchev–Trinajstić information content (AvgIpc) is 2.70. The predicted octanol–water partition coefficient (Wildman–Crippen LogP) is 3.98. The molecule has 0 aliphatic carbocycles. The van der Waals surface area contributed by atoms with Gasteiger partial charge in [-0.05, 0) is 37.3 Å². The van der Waals surface area contributed by atoms with E-state index in [4.69, 9.17) is 16.0 Å². The third-order valence-electron chi connectivity index (χ3n) is 2.33. The third-order valence-corrected chi connectivity index (χ3v) is 2.56. The number of benzene rings is 1. The fourth-order valence-electron chi connectivity index (χ4n) is 1.64. The van der Waals surface area contributed by atoms with Crippen molar-refractivity contribution in [2.45, 2.75) is 19.4 Å². The number of nitrogens with one attached hydrogen (secondary N) is 1. The first kappa shape index (κ1) is 11.1. The predicted molar refractivity (Wildman–Crippen MR) is 66.9 cm³/mol. The molecule has 0 amide bonds. The fraction of sp³-hybridized carbons (Fsp3) is 0.231. The number of rotatable bonds is 4. The molecule has 1 aromatic carbocycles. The topological polar surface area (TPSA) is 25.2 Å². The van der Waals surface area contributed by atoms with E-state index in [2.05, 4.69) is 12.2 Å². The molecule has 84 valence electrons. The zero-order valence-electron chi connectivity index (χ0n) is 9.11. The van der Waals surface area contributed by atoms with Gasteiger partial charge >= 0.3 is 0 Å². The first-order valence-corrected chi connectivity index (χ1v) is 5.66. The number of hydrogen-bond donors (Lipinski definition) is 1. The van der Waals surface area contributed by atoms with E-state index in [0.717, 1.165) is 22.9 Å². The lowest BCUT2D eigenvalue weighted by molar-refractivity contribution is 0.498. The summed E-state index contributed by atoms with van der Waals surface area (Å²) < 4.78 is 5.30. The second kappa shape index (κ2) is 5.08. The van der Waals surface area contributed by atoms with Crippen LogP contribution in [0.5, 0.6) is 0 Å². The summed E-state index contributed by atoms with van der Waals surface area (Å²) in [5.41, 5.74) is 1.03. The van der Waals surface area contributed by atoms with E-state index in [1.807, 2.05) is 36.4 Å². The molecule has 0 aliphatic rings. The number of anilines is 1. The summed E-state index contributed by atoms with van der Waals surface area (Å²) in [6, 6.07) is 11.9. The van der Waals surface area contributed by atoms with Crippen LogP contribution < -0.4 is 5.32 Å². The van der Waals surface area contributed by atoms with Crippen molar-refractivity contribution in [1.82, 2.24) is 0 Å². The Balaban J connectivity index is 1.94. The van der Waals surface area contributed by atoms with Crippen molar-refractivity contribution in [1.29, 1.82) is 0 Å². The van der Waals surface area contributed by atoms with Crippen LogP contribution in [0.3, 0.4) is 0 Å². The maximum Gasteiger partial charge on any atom is 0.105 e. The Morgan fingerprint density at radius 1 is 1.31 bits per heavy atom. The zero-order chi connectivity index (χ0) is 11.4. The van der Waals surface area contributed by atoms with Crippen LogP contribution in [0.25, 0.3) is 0 Å². The molecule has 0 saturated carbocycles. The summed E-state index contributed by atoms with van der Waals surface area (Å²) in [7, 11) is 0. The minimum absolute atomic E-state index is 0.310. The van der Waals surface area contributed by atoms with Crippen molar-refractivity contribution in [3.63, 3.8) is 0 Å². The first-order valence-electron chi connectivity index (χ1n) is 5.28. The van der Waals surface area contributed by atoms with Gasteiger partial charge in [0.15, 0.2) is 0 Å². The summed E-state index contributed by atoms with van der Waals surface area (Å²) in [4.78, 5) is 0. The van der Waals surface area contributed by atoms with Gasteiger partial charge in [-0.1, -0.05) is 17.7 Å². The molecular weight excluding hydrogens is 222 g/mol. The van der Waals surface area contributed by atoms with E-state index in [9.17, 15) is 0 Å². The summed E-state index contributed by atoms with van der Waals surface area (Å²) in [5, 5.41) is 4.12. The van der Waals surface area contributed by atoms with Gasteiger partial charge < -0.3 is 9.73 Å². The lowest BCUT2D eigenvalue weighted by atomic mass is 10.2. The molecule has 0 aliphatic heterocycles. The number of furan rings is 1. The van der Waals surface area contributed by atoms with Gasteiger partial charge in [-0.15, -0.1) is 0 Å². The number of halogens is 1. The Morgan fingerprint density at radius 3 is 2.88 bits per heavy atom. The Labute approximate surface area is 100 Å². The van der Waals surface area contributed by atoms with Gasteiger partial charge in [-0.2, -0.15) is 0 Å². The molecule has 1 N–H and O–H groups in total. The molecule has 0 radical (unpaired) electrons. The van der Waals surface area contributed by atoms with E-state index in [-0.39, 0.29) is 0 Å². The van der Waals surface area contributed by atoms with E-state index in [0.29, 0.717) is 6.04 Å². The summed E-state index contributed by atoms with van der Waals surface area (Å²) in [6.45, 7) is 2.11. The maximum absolute atomic E-state index is 5.91. The van der Waals surface area contributed by atoms with Crippen LogP contribution in [0.2, 0.25) is 5.02 Å². The third kappa shape index (κ3) is 3.04. The quantitative estimate of drug-likeness (QED) is 0.867. The standard InChI is InChI=1S/C13H14ClNO/c1-10(8-13-6-3-7-16-13)15-12-5-2-4-11(14)9-12/h2-7,9-10,15H,8H2,1H3. The summed E-state index contributed by atoms with van der Waals surface area (Å²) >= 11 is 5.91. The minimum atomic E-state index is 0.310. The normalized spacial score (nSPS) is 12.4. The van der Waals surface area contributed by atoms with Crippen LogP contribution in [-0.4, -0.2) is 6.04 Å². The molecule has 2 rings (SSSR count). The van der Waals surface area contributed by atoms with Gasteiger partial charge in [-0.3, -0.25) is 0 Å². The molecule has 0 fully saturated rings. The molecule has 1 aromatic heterocycles. The highest BCUT2D eigenvalue weighted by Gasteiger charge is 2.05. The van der Waals surface area contributed by atoms with Gasteiger partial charge in [-0.25, -0.2) is 0 Å². The van der Waals surface area contributed by atoms with Crippen molar-refractivity contribution in [3.05, 3.63) is 53.4 Å². The fourth-order valence-corrected chi connectivity index (χ4v) is 1.83. The van der Waals surface area contributed by atoms with E-state index in [1.54, 1.807) is 6.26 Å². The molecule has 1 atom stereocenters. The minimum Gasteiger partial charge on any atom is -0.469 e. The van der Waals surface area contributed by atoms with E-state index in [1.165, 1.54) is 0 Å². The molecule has 16 heavy (non-hydrogen) atoms. The molecule has 2 nitrogen and oxygen atoms in total. The molecule has 1 heterocycles. The van der Waals surface area contributed by atoms with Crippen LogP contribution in [0, 0.1) is 0 Å². The van der Waals surface area contributed by atoms with E-state index >= 15 is 0 Å². The zero-order valence-corrected chi connectivity index (χ0v) is 9.87. The van der Waals surface area contributed by atoms with Gasteiger partial charge in [0.2, 0.25) is 0 Å². The van der Waals surface area contributed by atoms with Crippen molar-refractivity contribution < 1.29 is 4.42 Å². The number of hydrogen-bond acceptors (Lipinski definition) is 2. The van der Waals surface area contributed by atoms with Gasteiger partial charge in [0.1, 0.15) is 5.76 Å². The summed E-state index contributed by atoms with van der Waals surface area (Å²) in [6.07, 6.45) is 2.56. The molecule has 3 heteroatoms. The Bertz CT molecular complexity index is 439. The Kier molecular flexibility index (Phi) is 3.52. The summed E-state index contributed by atoms with van der Waals surface area (Å²) in [5.74, 6) is 0.988. The second-order valence-electron chi connectivity index (χ2n) is 3.84. The van der Waals surface area contributed by atoms with Crippen molar-refractivity contribution in [2.75, 3.05) is 5.32 Å². The Morgan fingerprint density at radius 2 is 2.19 bits per heavy atom. The van der Waals surface area contributed by atoms with Crippen molar-refractivity contribution in [2.24, 2.45) is 0 Å². The lowest BCUT2D eigenvalue weighted by Gasteiger charge is -2.14. The maximum atomic E-state index is 5.91. The largest absolute Gasteiger partial charge is 0.469 e. The van der Waals surface area contributed by atoms with Crippen LogP contribution in [0.4, 0.5) is 5.69 Å². The van der Waals surface area contributed by atoms with Crippen LogP contribution in [-0.2, 0) is 6.42 Å². The van der Waals surface area contributed by atoms with Crippen molar-refractivity contribution in [3.8, 4) is 0 Å². The van der Waals surface area contributed by atoms with Gasteiger partial charge in [0.25, 0.3) is 0 Å². The highest BCUT2D eigenvalue weighted by molar-refractivity contribution is 6.30. The molecule has 1 unspecified atom stereocenters. The molecule has 0 spiro atoms. The lowest BCUT2D eigenvalue weighted by Crippen LogP contribution is -2.17. The smallest absolute Gasteiger partial charge is 0.105 e. The van der Waals surface area contributed by atoms with Gasteiger partial charge in [0, 0.05) is 23.2 Å². The highest BCUT2D eigenvalue weighted by Crippen LogP contribution is 2.16. The highest BCUT2D eigenvalue weighted by atomic mass is 35.5. The van der Waals surface area contributed by atoms with E-state index < -0.39 is 0 Å². The first-order chi connectivity index (χ1) is 7.74. The van der Waals surface area contributed by atoms with Crippen LogP contribution in [0.1, 0.15) is 12.7 Å². The molecule has 2 aromatic rings. The van der Waals surface area contributed by atoms with Crippen molar-refractivity contribution >= 4 is 17.3 Å². The van der Waals surface area contributed by atoms with Crippen LogP contribution in [0.15, 0.2) is 47.1 Å². The second-order valence-corrected chi connectivity index (χ2v) is 4.28. The Hall–Kier alpha value is -1.41. The van der Waals surface area contributed by atoms with Gasteiger partial charge in [0.05, 0.1) is 6.26 Å². The van der Waals surface area contributed by atoms with Crippen LogP contribution >= 0.6 is 11.6 Å².